The van der Waals surface area contributed by atoms with Crippen LogP contribution in [0.1, 0.15) is 34.9 Å². The van der Waals surface area contributed by atoms with E-state index >= 15 is 0 Å². The summed E-state index contributed by atoms with van der Waals surface area (Å²) in [6.45, 7) is 7.69. The van der Waals surface area contributed by atoms with E-state index in [4.69, 9.17) is 0 Å². The first-order valence-electron chi connectivity index (χ1n) is 6.26. The fourth-order valence-corrected chi connectivity index (χ4v) is 2.75. The number of carbonyl (C=O) groups excluding carboxylic acids is 1. The van der Waals surface area contributed by atoms with Crippen LogP contribution in [-0.4, -0.2) is 26.0 Å². The maximum absolute atomic E-state index is 11.9. The van der Waals surface area contributed by atoms with Crippen LogP contribution < -0.4 is 10.6 Å². The van der Waals surface area contributed by atoms with Crippen molar-refractivity contribution in [2.45, 2.75) is 33.7 Å². The van der Waals surface area contributed by atoms with E-state index in [2.05, 4.69) is 25.9 Å². The molecule has 0 bridgehead atoms. The van der Waals surface area contributed by atoms with Crippen LogP contribution in [0.3, 0.4) is 0 Å². The molecule has 8 heteroatoms. The maximum Gasteiger partial charge on any atom is 0.321 e. The lowest BCUT2D eigenvalue weighted by molar-refractivity contribution is 0.249. The number of aromatic nitrogens is 4. The fourth-order valence-electron chi connectivity index (χ4n) is 2.17. The minimum absolute atomic E-state index is 0.127. The van der Waals surface area contributed by atoms with Crippen LogP contribution in [-0.2, 0) is 7.05 Å². The number of anilines is 1. The van der Waals surface area contributed by atoms with E-state index in [1.165, 1.54) is 11.3 Å². The predicted molar refractivity (Wildman–Crippen MR) is 77.9 cm³/mol. The Morgan fingerprint density at radius 3 is 2.50 bits per heavy atom. The molecule has 7 nitrogen and oxygen atoms in total. The lowest BCUT2D eigenvalue weighted by Crippen LogP contribution is -2.31. The fraction of sp³-hybridized carbons (Fsp3) is 0.500. The van der Waals surface area contributed by atoms with Crippen molar-refractivity contribution in [1.82, 2.24) is 25.3 Å². The number of rotatable bonds is 3. The number of nitrogens with zero attached hydrogens (tertiary/aromatic N) is 4. The van der Waals surface area contributed by atoms with Crippen LogP contribution in [0.25, 0.3) is 0 Å². The van der Waals surface area contributed by atoms with E-state index in [0.29, 0.717) is 5.13 Å². The zero-order chi connectivity index (χ0) is 14.9. The lowest BCUT2D eigenvalue weighted by atomic mass is 10.1. The van der Waals surface area contributed by atoms with Gasteiger partial charge in [-0.2, -0.15) is 5.10 Å². The summed E-state index contributed by atoms with van der Waals surface area (Å²) in [5.74, 6) is 0. The SMILES string of the molecule is Cc1nnc(NC(=O)N[C@H](C)c2c(C)nn(C)c2C)s1. The van der Waals surface area contributed by atoms with Gasteiger partial charge in [0.05, 0.1) is 11.7 Å². The van der Waals surface area contributed by atoms with Crippen molar-refractivity contribution in [1.29, 1.82) is 0 Å². The van der Waals surface area contributed by atoms with Crippen molar-refractivity contribution < 1.29 is 4.79 Å². The Hall–Kier alpha value is -1.96. The quantitative estimate of drug-likeness (QED) is 0.907. The zero-order valence-electron chi connectivity index (χ0n) is 12.2. The molecule has 2 N–H and O–H groups in total. The summed E-state index contributed by atoms with van der Waals surface area (Å²) in [5.41, 5.74) is 3.00. The van der Waals surface area contributed by atoms with Crippen LogP contribution in [0.4, 0.5) is 9.93 Å². The molecule has 1 atom stereocenters. The zero-order valence-corrected chi connectivity index (χ0v) is 13.0. The third kappa shape index (κ3) is 2.96. The lowest BCUT2D eigenvalue weighted by Gasteiger charge is -2.14. The second-order valence-corrected chi connectivity index (χ2v) is 5.84. The molecule has 0 aliphatic rings. The van der Waals surface area contributed by atoms with Crippen LogP contribution in [0.5, 0.6) is 0 Å². The van der Waals surface area contributed by atoms with Gasteiger partial charge in [-0.15, -0.1) is 10.2 Å². The van der Waals surface area contributed by atoms with Crippen LogP contribution in [0.15, 0.2) is 0 Å². The maximum atomic E-state index is 11.9. The average Bonchev–Trinajstić information content (AvgIpc) is 2.84. The molecule has 0 aliphatic heterocycles. The summed E-state index contributed by atoms with van der Waals surface area (Å²) in [5, 5.41) is 18.9. The molecule has 0 saturated carbocycles. The first-order chi connectivity index (χ1) is 9.38. The molecule has 0 fully saturated rings. The average molecular weight is 294 g/mol. The van der Waals surface area contributed by atoms with Gasteiger partial charge < -0.3 is 5.32 Å². The topological polar surface area (TPSA) is 84.7 Å². The van der Waals surface area contributed by atoms with E-state index in [9.17, 15) is 4.79 Å². The smallest absolute Gasteiger partial charge is 0.321 e. The normalized spacial score (nSPS) is 12.2. The van der Waals surface area contributed by atoms with Gasteiger partial charge in [-0.05, 0) is 27.7 Å². The van der Waals surface area contributed by atoms with E-state index in [1.54, 1.807) is 0 Å². The van der Waals surface area contributed by atoms with Gasteiger partial charge in [-0.1, -0.05) is 11.3 Å². The molecule has 108 valence electrons. The number of carbonyl (C=O) groups is 1. The second kappa shape index (κ2) is 5.58. The number of nitrogens with one attached hydrogen (secondary N) is 2. The van der Waals surface area contributed by atoms with Crippen LogP contribution >= 0.6 is 11.3 Å². The number of aryl methyl sites for hydroxylation is 3. The molecule has 2 amide bonds. The molecule has 0 spiro atoms. The minimum Gasteiger partial charge on any atom is -0.331 e. The highest BCUT2D eigenvalue weighted by atomic mass is 32.1. The molecule has 0 aliphatic carbocycles. The van der Waals surface area contributed by atoms with Crippen LogP contribution in [0.2, 0.25) is 0 Å². The molecule has 0 aromatic carbocycles. The summed E-state index contributed by atoms with van der Waals surface area (Å²) < 4.78 is 1.81. The molecule has 0 saturated heterocycles. The van der Waals surface area contributed by atoms with Gasteiger partial charge in [0.25, 0.3) is 0 Å². The van der Waals surface area contributed by atoms with Crippen LogP contribution in [0, 0.1) is 20.8 Å². The molecular weight excluding hydrogens is 276 g/mol. The Balaban J connectivity index is 2.04. The van der Waals surface area contributed by atoms with E-state index in [1.807, 2.05) is 39.4 Å². The first kappa shape index (κ1) is 14.4. The Morgan fingerprint density at radius 1 is 1.30 bits per heavy atom. The Labute approximate surface area is 121 Å². The highest BCUT2D eigenvalue weighted by Gasteiger charge is 2.18. The van der Waals surface area contributed by atoms with Gasteiger partial charge in [0, 0.05) is 18.3 Å². The predicted octanol–water partition coefficient (Wildman–Crippen LogP) is 2.08. The highest BCUT2D eigenvalue weighted by Crippen LogP contribution is 2.21. The summed E-state index contributed by atoms with van der Waals surface area (Å²) in [6.07, 6.45) is 0. The molecule has 2 aromatic heterocycles. The van der Waals surface area contributed by atoms with Gasteiger partial charge in [-0.3, -0.25) is 10.00 Å². The Bertz CT molecular complexity index is 632. The third-order valence-corrected chi connectivity index (χ3v) is 3.85. The van der Waals surface area contributed by atoms with Gasteiger partial charge >= 0.3 is 6.03 Å². The molecule has 0 radical (unpaired) electrons. The third-order valence-electron chi connectivity index (χ3n) is 3.09. The number of urea groups is 1. The van der Waals surface area contributed by atoms with Gasteiger partial charge in [0.1, 0.15) is 5.01 Å². The largest absolute Gasteiger partial charge is 0.331 e. The Kier molecular flexibility index (Phi) is 4.03. The van der Waals surface area contributed by atoms with E-state index < -0.39 is 0 Å². The van der Waals surface area contributed by atoms with Crippen molar-refractivity contribution in [3.8, 4) is 0 Å². The number of amides is 2. The van der Waals surface area contributed by atoms with Crippen molar-refractivity contribution in [3.63, 3.8) is 0 Å². The molecule has 20 heavy (non-hydrogen) atoms. The van der Waals surface area contributed by atoms with Crippen molar-refractivity contribution >= 4 is 22.5 Å². The van der Waals surface area contributed by atoms with Gasteiger partial charge in [-0.25, -0.2) is 4.79 Å². The number of hydrogen-bond acceptors (Lipinski definition) is 5. The van der Waals surface area contributed by atoms with E-state index in [-0.39, 0.29) is 12.1 Å². The molecule has 2 rings (SSSR count). The molecule has 2 aromatic rings. The van der Waals surface area contributed by atoms with Crippen molar-refractivity contribution in [3.05, 3.63) is 22.0 Å². The summed E-state index contributed by atoms with van der Waals surface area (Å²) in [6, 6.07) is -0.422. The minimum atomic E-state index is -0.295. The molecular formula is C12H18N6OS. The summed E-state index contributed by atoms with van der Waals surface area (Å²) in [7, 11) is 1.89. The monoisotopic (exact) mass is 294 g/mol. The number of hydrogen-bond donors (Lipinski definition) is 2. The van der Waals surface area contributed by atoms with Crippen molar-refractivity contribution in [2.75, 3.05) is 5.32 Å². The van der Waals surface area contributed by atoms with E-state index in [0.717, 1.165) is 22.0 Å². The Morgan fingerprint density at radius 2 is 2.00 bits per heavy atom. The van der Waals surface area contributed by atoms with Crippen molar-refractivity contribution in [2.24, 2.45) is 7.05 Å². The standard InChI is InChI=1S/C12H18N6OS/c1-6(10-7(2)17-18(5)8(10)3)13-11(19)14-12-16-15-9(4)20-12/h6H,1-5H3,(H2,13,14,16,19)/t6-/m1/s1. The van der Waals surface area contributed by atoms with Gasteiger partial charge in [0.2, 0.25) is 5.13 Å². The molecule has 0 unspecified atom stereocenters. The second-order valence-electron chi connectivity index (χ2n) is 4.65. The van der Waals surface area contributed by atoms with Gasteiger partial charge in [0.15, 0.2) is 0 Å². The first-order valence-corrected chi connectivity index (χ1v) is 7.08. The summed E-state index contributed by atoms with van der Waals surface area (Å²) >= 11 is 1.34. The summed E-state index contributed by atoms with van der Waals surface area (Å²) in [4.78, 5) is 11.9. The highest BCUT2D eigenvalue weighted by molar-refractivity contribution is 7.15. The molecule has 2 heterocycles.